The predicted molar refractivity (Wildman–Crippen MR) is 46.5 cm³/mol. The second kappa shape index (κ2) is 2.66. The zero-order chi connectivity index (χ0) is 9.41. The maximum atomic E-state index is 11.4. The van der Waals surface area contributed by atoms with Gasteiger partial charge >= 0.3 is 0 Å². The first kappa shape index (κ1) is 9.39. The second-order valence-electron chi connectivity index (χ2n) is 4.33. The van der Waals surface area contributed by atoms with Crippen molar-refractivity contribution in [1.29, 1.82) is 5.41 Å². The molecular weight excluding hydrogens is 154 g/mol. The quantitative estimate of drug-likeness (QED) is 0.633. The van der Waals surface area contributed by atoms with E-state index in [1.165, 1.54) is 0 Å². The number of carbonyl (C=O) groups excluding carboxylic acids is 1. The predicted octanol–water partition coefficient (Wildman–Crippen LogP) is 1.27. The Morgan fingerprint density at radius 1 is 1.50 bits per heavy atom. The van der Waals surface area contributed by atoms with Gasteiger partial charge in [0.1, 0.15) is 0 Å². The topological polar surface area (TPSA) is 50.2 Å². The van der Waals surface area contributed by atoms with E-state index in [1.54, 1.807) is 0 Å². The summed E-state index contributed by atoms with van der Waals surface area (Å²) < 4.78 is 5.06. The van der Waals surface area contributed by atoms with Gasteiger partial charge in [-0.05, 0) is 5.41 Å². The average Bonchev–Trinajstić information content (AvgIpc) is 1.81. The van der Waals surface area contributed by atoms with Crippen LogP contribution in [0.4, 0.5) is 0 Å². The molecule has 3 nitrogen and oxygen atoms in total. The lowest BCUT2D eigenvalue weighted by atomic mass is 9.63. The van der Waals surface area contributed by atoms with Crippen molar-refractivity contribution >= 4 is 12.0 Å². The van der Waals surface area contributed by atoms with Crippen molar-refractivity contribution < 1.29 is 9.53 Å². The third kappa shape index (κ3) is 1.08. The van der Waals surface area contributed by atoms with Crippen LogP contribution >= 0.6 is 0 Å². The number of carbonyl (C=O) groups is 1. The van der Waals surface area contributed by atoms with Gasteiger partial charge in [0.15, 0.2) is 5.78 Å². The van der Waals surface area contributed by atoms with Gasteiger partial charge in [0.25, 0.3) is 0 Å². The van der Waals surface area contributed by atoms with Gasteiger partial charge in [-0.25, -0.2) is 0 Å². The summed E-state index contributed by atoms with van der Waals surface area (Å²) in [7, 11) is 0. The summed E-state index contributed by atoms with van der Waals surface area (Å²) in [6, 6.07) is 0. The zero-order valence-corrected chi connectivity index (χ0v) is 7.81. The number of ether oxygens (including phenoxy) is 1. The highest BCUT2D eigenvalue weighted by Gasteiger charge is 2.53. The van der Waals surface area contributed by atoms with Gasteiger partial charge in [-0.15, -0.1) is 0 Å². The molecule has 0 saturated carbocycles. The SMILES string of the molecule is CC(C)(C)C1(C(=O)C=N)COC1. The van der Waals surface area contributed by atoms with E-state index in [9.17, 15) is 4.79 Å². The highest BCUT2D eigenvalue weighted by Crippen LogP contribution is 2.44. The molecule has 1 rings (SSSR count). The summed E-state index contributed by atoms with van der Waals surface area (Å²) in [4.78, 5) is 11.4. The van der Waals surface area contributed by atoms with Gasteiger partial charge in [0.05, 0.1) is 24.8 Å². The molecule has 1 N–H and O–H groups in total. The molecule has 0 bridgehead atoms. The minimum absolute atomic E-state index is 0.110. The number of Topliss-reactive ketones (excluding diaryl/α,β-unsaturated/α-hetero) is 1. The number of hydrogen-bond donors (Lipinski definition) is 1. The van der Waals surface area contributed by atoms with E-state index in [2.05, 4.69) is 0 Å². The first-order valence-electron chi connectivity index (χ1n) is 4.07. The van der Waals surface area contributed by atoms with Crippen molar-refractivity contribution in [2.45, 2.75) is 20.8 Å². The molecule has 0 radical (unpaired) electrons. The van der Waals surface area contributed by atoms with Crippen LogP contribution < -0.4 is 0 Å². The molecule has 68 valence electrons. The Balaban J connectivity index is 2.90. The van der Waals surface area contributed by atoms with E-state index in [4.69, 9.17) is 10.1 Å². The highest BCUT2D eigenvalue weighted by molar-refractivity contribution is 6.29. The Kier molecular flexibility index (Phi) is 2.08. The second-order valence-corrected chi connectivity index (χ2v) is 4.33. The molecule has 0 spiro atoms. The Labute approximate surface area is 72.6 Å². The van der Waals surface area contributed by atoms with Crippen molar-refractivity contribution in [2.75, 3.05) is 13.2 Å². The van der Waals surface area contributed by atoms with Gasteiger partial charge in [-0.2, -0.15) is 0 Å². The van der Waals surface area contributed by atoms with Crippen LogP contribution in [0.15, 0.2) is 0 Å². The molecule has 0 unspecified atom stereocenters. The summed E-state index contributed by atoms with van der Waals surface area (Å²) >= 11 is 0. The molecule has 0 aliphatic carbocycles. The van der Waals surface area contributed by atoms with Crippen molar-refractivity contribution in [1.82, 2.24) is 0 Å². The molecule has 1 heterocycles. The summed E-state index contributed by atoms with van der Waals surface area (Å²) in [5.74, 6) is -0.110. The minimum Gasteiger partial charge on any atom is -0.379 e. The number of hydrogen-bond acceptors (Lipinski definition) is 3. The number of ketones is 1. The van der Waals surface area contributed by atoms with E-state index >= 15 is 0 Å². The molecule has 0 amide bonds. The normalized spacial score (nSPS) is 21.2. The number of rotatable bonds is 2. The van der Waals surface area contributed by atoms with Crippen molar-refractivity contribution in [3.63, 3.8) is 0 Å². The Morgan fingerprint density at radius 2 is 2.00 bits per heavy atom. The first-order chi connectivity index (χ1) is 5.44. The van der Waals surface area contributed by atoms with Crippen LogP contribution in [0.25, 0.3) is 0 Å². The Bertz CT molecular complexity index is 211. The van der Waals surface area contributed by atoms with Gasteiger partial charge < -0.3 is 10.1 Å². The average molecular weight is 169 g/mol. The molecule has 0 aromatic rings. The van der Waals surface area contributed by atoms with Crippen LogP contribution in [0.2, 0.25) is 0 Å². The van der Waals surface area contributed by atoms with Crippen LogP contribution in [0, 0.1) is 16.2 Å². The monoisotopic (exact) mass is 169 g/mol. The van der Waals surface area contributed by atoms with Crippen molar-refractivity contribution in [3.8, 4) is 0 Å². The lowest BCUT2D eigenvalue weighted by Gasteiger charge is -2.48. The zero-order valence-electron chi connectivity index (χ0n) is 7.81. The van der Waals surface area contributed by atoms with Gasteiger partial charge in [0, 0.05) is 0 Å². The van der Waals surface area contributed by atoms with E-state index in [0.717, 1.165) is 6.21 Å². The summed E-state index contributed by atoms with van der Waals surface area (Å²) in [6.45, 7) is 6.96. The minimum atomic E-state index is -0.436. The third-order valence-corrected chi connectivity index (χ3v) is 2.74. The number of nitrogens with one attached hydrogen (secondary N) is 1. The molecule has 1 aliphatic rings. The van der Waals surface area contributed by atoms with Crippen LogP contribution in [0.3, 0.4) is 0 Å². The van der Waals surface area contributed by atoms with E-state index in [0.29, 0.717) is 13.2 Å². The van der Waals surface area contributed by atoms with Crippen LogP contribution in [0.1, 0.15) is 20.8 Å². The van der Waals surface area contributed by atoms with Gasteiger partial charge in [-0.1, -0.05) is 20.8 Å². The van der Waals surface area contributed by atoms with E-state index in [1.807, 2.05) is 20.8 Å². The molecular formula is C9H15NO2. The maximum absolute atomic E-state index is 11.4. The van der Waals surface area contributed by atoms with Crippen molar-refractivity contribution in [2.24, 2.45) is 10.8 Å². The molecule has 0 aromatic carbocycles. The fourth-order valence-electron chi connectivity index (χ4n) is 1.39. The standard InChI is InChI=1S/C9H15NO2/c1-8(2,3)9(5-12-6-9)7(11)4-10/h4,10H,5-6H2,1-3H3. The highest BCUT2D eigenvalue weighted by atomic mass is 16.5. The molecule has 0 aromatic heterocycles. The summed E-state index contributed by atoms with van der Waals surface area (Å²) in [6.07, 6.45) is 0.910. The fraction of sp³-hybridized carbons (Fsp3) is 0.778. The molecule has 3 heteroatoms. The summed E-state index contributed by atoms with van der Waals surface area (Å²) in [5, 5.41) is 6.95. The molecule has 12 heavy (non-hydrogen) atoms. The van der Waals surface area contributed by atoms with Crippen LogP contribution in [-0.4, -0.2) is 25.2 Å². The Hall–Kier alpha value is -0.700. The fourth-order valence-corrected chi connectivity index (χ4v) is 1.39. The summed E-state index contributed by atoms with van der Waals surface area (Å²) in [5.41, 5.74) is -0.547. The Morgan fingerprint density at radius 3 is 2.08 bits per heavy atom. The first-order valence-corrected chi connectivity index (χ1v) is 4.07. The van der Waals surface area contributed by atoms with Gasteiger partial charge in [-0.3, -0.25) is 4.79 Å². The van der Waals surface area contributed by atoms with Crippen molar-refractivity contribution in [3.05, 3.63) is 0 Å². The van der Waals surface area contributed by atoms with Crippen LogP contribution in [-0.2, 0) is 9.53 Å². The lowest BCUT2D eigenvalue weighted by Crippen LogP contribution is -2.57. The van der Waals surface area contributed by atoms with E-state index in [-0.39, 0.29) is 11.2 Å². The molecule has 0 atom stereocenters. The largest absolute Gasteiger partial charge is 0.379 e. The van der Waals surface area contributed by atoms with E-state index < -0.39 is 5.41 Å². The smallest absolute Gasteiger partial charge is 0.184 e. The molecule has 1 saturated heterocycles. The van der Waals surface area contributed by atoms with Gasteiger partial charge in [0.2, 0.25) is 0 Å². The third-order valence-electron chi connectivity index (χ3n) is 2.74. The molecule has 1 aliphatic heterocycles. The molecule has 1 fully saturated rings. The van der Waals surface area contributed by atoms with Crippen LogP contribution in [0.5, 0.6) is 0 Å². The maximum Gasteiger partial charge on any atom is 0.184 e. The lowest BCUT2D eigenvalue weighted by molar-refractivity contribution is -0.177.